The second kappa shape index (κ2) is 7.50. The number of fused-ring (bicyclic) bond motifs is 1. The topological polar surface area (TPSA) is 114 Å². The Morgan fingerprint density at radius 3 is 3.04 bits per heavy atom. The fourth-order valence-electron chi connectivity index (χ4n) is 3.43. The number of hydrogen-bond donors (Lipinski definition) is 4. The summed E-state index contributed by atoms with van der Waals surface area (Å²) in [6.45, 7) is 3.77. The normalized spacial score (nSPS) is 21.9. The van der Waals surface area contributed by atoms with Gasteiger partial charge in [0.2, 0.25) is 5.95 Å². The number of nitrogens with two attached hydrogens (primary N) is 1. The minimum absolute atomic E-state index is 0.0426. The molecule has 0 bridgehead atoms. The molecule has 1 fully saturated rings. The highest BCUT2D eigenvalue weighted by molar-refractivity contribution is 6.01. The number of carbonyl (C=O) groups is 1. The quantitative estimate of drug-likeness (QED) is 0.644. The van der Waals surface area contributed by atoms with Crippen LogP contribution in [0.25, 0.3) is 0 Å². The second-order valence-electron chi connectivity index (χ2n) is 7.00. The van der Waals surface area contributed by atoms with Crippen LogP contribution in [0.5, 0.6) is 0 Å². The first kappa shape index (κ1) is 17.7. The molecule has 142 valence electrons. The first-order valence-corrected chi connectivity index (χ1v) is 9.23. The SMILES string of the molecule is Cc1cccc(Nc2nc(NC3CCOCC3N)nc3c2C(=O)NCC3)c1. The molecule has 2 aromatic rings. The molecule has 1 aromatic heterocycles. The average molecular weight is 368 g/mol. The van der Waals surface area contributed by atoms with Crippen LogP contribution in [0.1, 0.15) is 28.0 Å². The van der Waals surface area contributed by atoms with Gasteiger partial charge in [-0.05, 0) is 31.0 Å². The monoisotopic (exact) mass is 368 g/mol. The molecule has 5 N–H and O–H groups in total. The molecule has 2 atom stereocenters. The Labute approximate surface area is 157 Å². The smallest absolute Gasteiger partial charge is 0.256 e. The van der Waals surface area contributed by atoms with Gasteiger partial charge in [-0.25, -0.2) is 4.98 Å². The van der Waals surface area contributed by atoms with Gasteiger partial charge in [-0.2, -0.15) is 4.98 Å². The van der Waals surface area contributed by atoms with Crippen molar-refractivity contribution >= 4 is 23.4 Å². The Kier molecular flexibility index (Phi) is 4.91. The van der Waals surface area contributed by atoms with E-state index in [0.717, 1.165) is 23.4 Å². The van der Waals surface area contributed by atoms with Crippen LogP contribution >= 0.6 is 0 Å². The van der Waals surface area contributed by atoms with Gasteiger partial charge < -0.3 is 26.4 Å². The zero-order chi connectivity index (χ0) is 18.8. The Morgan fingerprint density at radius 1 is 1.33 bits per heavy atom. The number of ether oxygens (including phenoxy) is 1. The number of rotatable bonds is 4. The highest BCUT2D eigenvalue weighted by Gasteiger charge is 2.27. The molecule has 1 amide bonds. The van der Waals surface area contributed by atoms with Crippen molar-refractivity contribution in [3.63, 3.8) is 0 Å². The van der Waals surface area contributed by atoms with Crippen LogP contribution in [0.2, 0.25) is 0 Å². The van der Waals surface area contributed by atoms with Crippen molar-refractivity contribution in [1.29, 1.82) is 0 Å². The van der Waals surface area contributed by atoms with Gasteiger partial charge in [0.15, 0.2) is 0 Å². The van der Waals surface area contributed by atoms with E-state index in [-0.39, 0.29) is 18.0 Å². The fraction of sp³-hybridized carbons (Fsp3) is 0.421. The maximum Gasteiger partial charge on any atom is 0.256 e. The number of hydrogen-bond acceptors (Lipinski definition) is 7. The molecule has 1 saturated heterocycles. The molecule has 2 unspecified atom stereocenters. The predicted molar refractivity (Wildman–Crippen MR) is 103 cm³/mol. The molecule has 3 heterocycles. The van der Waals surface area contributed by atoms with Crippen molar-refractivity contribution in [1.82, 2.24) is 15.3 Å². The molecule has 8 nitrogen and oxygen atoms in total. The van der Waals surface area contributed by atoms with Crippen LogP contribution in [0, 0.1) is 6.92 Å². The van der Waals surface area contributed by atoms with Gasteiger partial charge >= 0.3 is 0 Å². The Hall–Kier alpha value is -2.71. The molecular formula is C19H24N6O2. The second-order valence-corrected chi connectivity index (χ2v) is 7.00. The van der Waals surface area contributed by atoms with Gasteiger partial charge in [-0.15, -0.1) is 0 Å². The number of anilines is 3. The molecule has 1 aromatic carbocycles. The van der Waals surface area contributed by atoms with Crippen molar-refractivity contribution in [3.8, 4) is 0 Å². The first-order chi connectivity index (χ1) is 13.1. The van der Waals surface area contributed by atoms with Crippen LogP contribution in [-0.2, 0) is 11.2 Å². The van der Waals surface area contributed by atoms with Gasteiger partial charge in [0.05, 0.1) is 12.3 Å². The van der Waals surface area contributed by atoms with E-state index in [1.807, 2.05) is 31.2 Å². The summed E-state index contributed by atoms with van der Waals surface area (Å²) in [6, 6.07) is 7.87. The lowest BCUT2D eigenvalue weighted by molar-refractivity contribution is 0.0751. The van der Waals surface area contributed by atoms with Crippen LogP contribution in [-0.4, -0.2) is 47.7 Å². The molecule has 2 aliphatic rings. The number of aromatic nitrogens is 2. The molecule has 4 rings (SSSR count). The summed E-state index contributed by atoms with van der Waals surface area (Å²) in [6.07, 6.45) is 1.46. The lowest BCUT2D eigenvalue weighted by atomic mass is 10.0. The summed E-state index contributed by atoms with van der Waals surface area (Å²) in [7, 11) is 0. The van der Waals surface area contributed by atoms with E-state index in [1.165, 1.54) is 0 Å². The standard InChI is InChI=1S/C19H24N6O2/c1-11-3-2-4-12(9-11)22-17-16-15(5-7-21-18(16)26)24-19(25-17)23-14-6-8-27-10-13(14)20/h2-4,9,13-14H,5-8,10,20H2,1H3,(H,21,26)(H2,22,23,24,25). The lowest BCUT2D eigenvalue weighted by Crippen LogP contribution is -2.48. The summed E-state index contributed by atoms with van der Waals surface area (Å²) >= 11 is 0. The fourth-order valence-corrected chi connectivity index (χ4v) is 3.43. The number of carbonyl (C=O) groups excluding carboxylic acids is 1. The van der Waals surface area contributed by atoms with Gasteiger partial charge in [0.25, 0.3) is 5.91 Å². The van der Waals surface area contributed by atoms with Crippen LogP contribution in [0.4, 0.5) is 17.5 Å². The van der Waals surface area contributed by atoms with Gasteiger partial charge in [0.1, 0.15) is 11.4 Å². The third-order valence-corrected chi connectivity index (χ3v) is 4.85. The highest BCUT2D eigenvalue weighted by Crippen LogP contribution is 2.26. The van der Waals surface area contributed by atoms with Crippen molar-refractivity contribution in [3.05, 3.63) is 41.1 Å². The van der Waals surface area contributed by atoms with E-state index in [4.69, 9.17) is 10.5 Å². The van der Waals surface area contributed by atoms with E-state index in [1.54, 1.807) is 0 Å². The lowest BCUT2D eigenvalue weighted by Gasteiger charge is -2.30. The maximum atomic E-state index is 12.4. The van der Waals surface area contributed by atoms with Crippen molar-refractivity contribution in [2.45, 2.75) is 31.8 Å². The van der Waals surface area contributed by atoms with E-state index < -0.39 is 0 Å². The minimum Gasteiger partial charge on any atom is -0.380 e. The summed E-state index contributed by atoms with van der Waals surface area (Å²) < 4.78 is 5.40. The molecule has 8 heteroatoms. The molecule has 0 saturated carbocycles. The Morgan fingerprint density at radius 2 is 2.22 bits per heavy atom. The number of benzene rings is 1. The Balaban J connectivity index is 1.68. The zero-order valence-electron chi connectivity index (χ0n) is 15.3. The third kappa shape index (κ3) is 3.86. The van der Waals surface area contributed by atoms with Crippen LogP contribution < -0.4 is 21.7 Å². The summed E-state index contributed by atoms with van der Waals surface area (Å²) in [5.74, 6) is 0.840. The van der Waals surface area contributed by atoms with Gasteiger partial charge in [-0.1, -0.05) is 12.1 Å². The predicted octanol–water partition coefficient (Wildman–Crippen LogP) is 1.34. The highest BCUT2D eigenvalue weighted by atomic mass is 16.5. The molecular weight excluding hydrogens is 344 g/mol. The summed E-state index contributed by atoms with van der Waals surface area (Å²) in [5, 5.41) is 9.49. The number of aryl methyl sites for hydroxylation is 1. The first-order valence-electron chi connectivity index (χ1n) is 9.23. The third-order valence-electron chi connectivity index (χ3n) is 4.85. The van der Waals surface area contributed by atoms with Crippen LogP contribution in [0.3, 0.4) is 0 Å². The van der Waals surface area contributed by atoms with E-state index in [0.29, 0.717) is 43.5 Å². The van der Waals surface area contributed by atoms with Gasteiger partial charge in [-0.3, -0.25) is 4.79 Å². The maximum absolute atomic E-state index is 12.4. The van der Waals surface area contributed by atoms with Crippen LogP contribution in [0.15, 0.2) is 24.3 Å². The zero-order valence-corrected chi connectivity index (χ0v) is 15.3. The summed E-state index contributed by atoms with van der Waals surface area (Å²) in [5.41, 5.74) is 9.39. The molecule has 0 spiro atoms. The van der Waals surface area contributed by atoms with Crippen molar-refractivity contribution in [2.24, 2.45) is 5.73 Å². The number of nitrogens with zero attached hydrogens (tertiary/aromatic N) is 2. The van der Waals surface area contributed by atoms with Crippen molar-refractivity contribution in [2.75, 3.05) is 30.4 Å². The summed E-state index contributed by atoms with van der Waals surface area (Å²) in [4.78, 5) is 21.6. The molecule has 0 radical (unpaired) electrons. The minimum atomic E-state index is -0.152. The Bertz CT molecular complexity index is 856. The molecule has 2 aliphatic heterocycles. The van der Waals surface area contributed by atoms with Crippen molar-refractivity contribution < 1.29 is 9.53 Å². The van der Waals surface area contributed by atoms with E-state index in [2.05, 4.69) is 25.9 Å². The van der Waals surface area contributed by atoms with Gasteiger partial charge in [0, 0.05) is 37.3 Å². The number of amides is 1. The van der Waals surface area contributed by atoms with E-state index in [9.17, 15) is 4.79 Å². The molecule has 0 aliphatic carbocycles. The largest absolute Gasteiger partial charge is 0.380 e. The number of nitrogens with one attached hydrogen (secondary N) is 3. The average Bonchev–Trinajstić information content (AvgIpc) is 2.64. The molecule has 27 heavy (non-hydrogen) atoms. The van der Waals surface area contributed by atoms with E-state index >= 15 is 0 Å².